The molecule has 0 aromatic heterocycles. The van der Waals surface area contributed by atoms with Gasteiger partial charge >= 0.3 is 12.0 Å². The quantitative estimate of drug-likeness (QED) is 0.358. The highest BCUT2D eigenvalue weighted by molar-refractivity contribution is 5.74. The van der Waals surface area contributed by atoms with Gasteiger partial charge in [-0.1, -0.05) is 0 Å². The highest BCUT2D eigenvalue weighted by atomic mass is 16.4. The van der Waals surface area contributed by atoms with Gasteiger partial charge in [-0.2, -0.15) is 0 Å². The van der Waals surface area contributed by atoms with Crippen molar-refractivity contribution in [3.63, 3.8) is 0 Å². The van der Waals surface area contributed by atoms with Crippen molar-refractivity contribution < 1.29 is 19.8 Å². The molecule has 1 atom stereocenters. The Hall–Kier alpha value is -1.34. The van der Waals surface area contributed by atoms with E-state index >= 15 is 0 Å². The van der Waals surface area contributed by atoms with Crippen LogP contribution >= 0.6 is 0 Å². The highest BCUT2D eigenvalue weighted by Gasteiger charge is 2.24. The normalized spacial score (nSPS) is 13.8. The summed E-state index contributed by atoms with van der Waals surface area (Å²) in [6, 6.07) is -0.410. The van der Waals surface area contributed by atoms with Crippen molar-refractivity contribution in [1.82, 2.24) is 16.0 Å². The van der Waals surface area contributed by atoms with E-state index in [4.69, 9.17) is 5.11 Å². The Balaban J connectivity index is 3.71. The number of nitrogens with one attached hydrogen (secondary N) is 3. The molecule has 0 radical (unpaired) electrons. The number of carboxylic acids is 1. The summed E-state index contributed by atoms with van der Waals surface area (Å²) >= 11 is 0. The van der Waals surface area contributed by atoms with Crippen molar-refractivity contribution in [2.24, 2.45) is 0 Å². The summed E-state index contributed by atoms with van der Waals surface area (Å²) in [6.45, 7) is 2.59. The third-order valence-corrected chi connectivity index (χ3v) is 2.05. The average molecular weight is 247 g/mol. The van der Waals surface area contributed by atoms with E-state index in [2.05, 4.69) is 16.0 Å². The summed E-state index contributed by atoms with van der Waals surface area (Å²) < 4.78 is 0. The first-order valence-electron chi connectivity index (χ1n) is 5.48. The molecule has 0 saturated carbocycles. The van der Waals surface area contributed by atoms with Gasteiger partial charge in [-0.3, -0.25) is 4.79 Å². The maximum Gasteiger partial charge on any atom is 0.314 e. The maximum absolute atomic E-state index is 11.2. The Bertz CT molecular complexity index is 256. The maximum atomic E-state index is 11.2. The van der Waals surface area contributed by atoms with Crippen LogP contribution in [-0.2, 0) is 4.79 Å². The first-order valence-corrected chi connectivity index (χ1v) is 5.48. The topological polar surface area (TPSA) is 111 Å². The Morgan fingerprint density at radius 3 is 2.41 bits per heavy atom. The zero-order chi connectivity index (χ0) is 13.3. The molecule has 0 heterocycles. The van der Waals surface area contributed by atoms with Crippen LogP contribution in [0.3, 0.4) is 0 Å². The SMILES string of the molecule is CNCCCNC(=O)NCC(C)(O)CC(=O)O. The van der Waals surface area contributed by atoms with Crippen LogP contribution in [0.2, 0.25) is 0 Å². The van der Waals surface area contributed by atoms with Crippen LogP contribution in [0.5, 0.6) is 0 Å². The lowest BCUT2D eigenvalue weighted by atomic mass is 10.0. The molecule has 5 N–H and O–H groups in total. The van der Waals surface area contributed by atoms with E-state index in [1.807, 2.05) is 7.05 Å². The number of carbonyl (C=O) groups is 2. The summed E-state index contributed by atoms with van der Waals surface area (Å²) in [5, 5.41) is 26.1. The van der Waals surface area contributed by atoms with Gasteiger partial charge in [0.05, 0.1) is 12.0 Å². The van der Waals surface area contributed by atoms with Crippen molar-refractivity contribution in [3.8, 4) is 0 Å². The summed E-state index contributed by atoms with van der Waals surface area (Å²) in [4.78, 5) is 21.6. The first-order chi connectivity index (χ1) is 7.87. The van der Waals surface area contributed by atoms with Gasteiger partial charge in [-0.05, 0) is 26.9 Å². The highest BCUT2D eigenvalue weighted by Crippen LogP contribution is 2.06. The zero-order valence-electron chi connectivity index (χ0n) is 10.2. The predicted octanol–water partition coefficient (Wildman–Crippen LogP) is -0.879. The fourth-order valence-electron chi connectivity index (χ4n) is 1.19. The van der Waals surface area contributed by atoms with Crippen molar-refractivity contribution in [2.45, 2.75) is 25.4 Å². The molecule has 17 heavy (non-hydrogen) atoms. The van der Waals surface area contributed by atoms with E-state index in [0.29, 0.717) is 6.54 Å². The fourth-order valence-corrected chi connectivity index (χ4v) is 1.19. The molecule has 100 valence electrons. The van der Waals surface area contributed by atoms with E-state index in [0.717, 1.165) is 13.0 Å². The molecule has 0 rings (SSSR count). The minimum Gasteiger partial charge on any atom is -0.481 e. The van der Waals surface area contributed by atoms with Crippen LogP contribution in [0, 0.1) is 0 Å². The molecule has 0 aliphatic carbocycles. The summed E-state index contributed by atoms with van der Waals surface area (Å²) in [5.74, 6) is -1.11. The molecule has 0 aliphatic rings. The van der Waals surface area contributed by atoms with Gasteiger partial charge in [0.2, 0.25) is 0 Å². The average Bonchev–Trinajstić information content (AvgIpc) is 2.20. The fraction of sp³-hybridized carbons (Fsp3) is 0.800. The minimum atomic E-state index is -1.44. The molecule has 0 aromatic carbocycles. The summed E-state index contributed by atoms with van der Waals surface area (Å²) in [6.07, 6.45) is 0.391. The van der Waals surface area contributed by atoms with Crippen LogP contribution in [0.25, 0.3) is 0 Å². The standard InChI is InChI=1S/C10H21N3O4/c1-10(17,6-8(14)15)7-13-9(16)12-5-3-4-11-2/h11,17H,3-7H2,1-2H3,(H,14,15)(H2,12,13,16). The first kappa shape index (κ1) is 15.7. The molecule has 0 fully saturated rings. The number of hydrogen-bond donors (Lipinski definition) is 5. The van der Waals surface area contributed by atoms with Crippen molar-refractivity contribution in [2.75, 3.05) is 26.7 Å². The number of hydrogen-bond acceptors (Lipinski definition) is 4. The number of amides is 2. The Morgan fingerprint density at radius 1 is 1.24 bits per heavy atom. The molecule has 2 amide bonds. The number of urea groups is 1. The molecule has 0 spiro atoms. The molecule has 0 aliphatic heterocycles. The predicted molar refractivity (Wildman–Crippen MR) is 62.8 cm³/mol. The molecular formula is C10H21N3O4. The molecular weight excluding hydrogens is 226 g/mol. The third-order valence-electron chi connectivity index (χ3n) is 2.05. The molecule has 7 nitrogen and oxygen atoms in total. The van der Waals surface area contributed by atoms with E-state index in [9.17, 15) is 14.7 Å². The number of carboxylic acid groups (broad SMARTS) is 1. The van der Waals surface area contributed by atoms with E-state index in [1.54, 1.807) is 0 Å². The van der Waals surface area contributed by atoms with Gasteiger partial charge < -0.3 is 26.2 Å². The van der Waals surface area contributed by atoms with Crippen LogP contribution in [-0.4, -0.2) is 54.5 Å². The van der Waals surface area contributed by atoms with Gasteiger partial charge in [0, 0.05) is 13.1 Å². The van der Waals surface area contributed by atoms with E-state index in [1.165, 1.54) is 6.92 Å². The van der Waals surface area contributed by atoms with Crippen LogP contribution < -0.4 is 16.0 Å². The Morgan fingerprint density at radius 2 is 1.88 bits per heavy atom. The van der Waals surface area contributed by atoms with E-state index < -0.39 is 24.0 Å². The molecule has 7 heteroatoms. The minimum absolute atomic E-state index is 0.100. The monoisotopic (exact) mass is 247 g/mol. The van der Waals surface area contributed by atoms with Crippen LogP contribution in [0.15, 0.2) is 0 Å². The van der Waals surface area contributed by atoms with Crippen molar-refractivity contribution in [1.29, 1.82) is 0 Å². The largest absolute Gasteiger partial charge is 0.481 e. The van der Waals surface area contributed by atoms with E-state index in [-0.39, 0.29) is 6.54 Å². The van der Waals surface area contributed by atoms with Crippen LogP contribution in [0.4, 0.5) is 4.79 Å². The second-order valence-corrected chi connectivity index (χ2v) is 4.13. The zero-order valence-corrected chi connectivity index (χ0v) is 10.2. The third kappa shape index (κ3) is 9.58. The van der Waals surface area contributed by atoms with Gasteiger partial charge in [0.25, 0.3) is 0 Å². The number of aliphatic carboxylic acids is 1. The van der Waals surface area contributed by atoms with Gasteiger partial charge in [0.15, 0.2) is 0 Å². The Kier molecular flexibility index (Phi) is 7.24. The lowest BCUT2D eigenvalue weighted by Crippen LogP contribution is -2.46. The second kappa shape index (κ2) is 7.86. The van der Waals surface area contributed by atoms with Gasteiger partial charge in [-0.15, -0.1) is 0 Å². The lowest BCUT2D eigenvalue weighted by molar-refractivity contribution is -0.141. The smallest absolute Gasteiger partial charge is 0.314 e. The van der Waals surface area contributed by atoms with Crippen LogP contribution in [0.1, 0.15) is 19.8 Å². The van der Waals surface area contributed by atoms with Gasteiger partial charge in [0.1, 0.15) is 0 Å². The molecule has 0 bridgehead atoms. The van der Waals surface area contributed by atoms with Crippen molar-refractivity contribution >= 4 is 12.0 Å². The Labute approximate surface area is 101 Å². The molecule has 0 aromatic rings. The lowest BCUT2D eigenvalue weighted by Gasteiger charge is -2.21. The number of rotatable bonds is 8. The summed E-state index contributed by atoms with van der Waals surface area (Å²) in [7, 11) is 1.82. The molecule has 1 unspecified atom stereocenters. The number of aliphatic hydroxyl groups is 1. The second-order valence-electron chi connectivity index (χ2n) is 4.13. The number of carbonyl (C=O) groups excluding carboxylic acids is 1. The van der Waals surface area contributed by atoms with Gasteiger partial charge in [-0.25, -0.2) is 4.79 Å². The summed E-state index contributed by atoms with van der Waals surface area (Å²) in [5.41, 5.74) is -1.44. The molecule has 0 saturated heterocycles. The van der Waals surface area contributed by atoms with Crippen molar-refractivity contribution in [3.05, 3.63) is 0 Å².